The first kappa shape index (κ1) is 21.6. The van der Waals surface area contributed by atoms with Crippen LogP contribution in [0.25, 0.3) is 10.8 Å². The van der Waals surface area contributed by atoms with Gasteiger partial charge in [0.2, 0.25) is 11.2 Å². The van der Waals surface area contributed by atoms with Crippen LogP contribution < -0.4 is 14.9 Å². The van der Waals surface area contributed by atoms with Crippen LogP contribution in [0.4, 0.5) is 0 Å². The summed E-state index contributed by atoms with van der Waals surface area (Å²) in [5.41, 5.74) is 0.662. The topological polar surface area (TPSA) is 91.5 Å². The van der Waals surface area contributed by atoms with E-state index in [0.717, 1.165) is 17.3 Å². The van der Waals surface area contributed by atoms with Crippen molar-refractivity contribution in [1.82, 2.24) is 9.97 Å². The number of carbonyl (C=O) groups excluding carboxylic acids is 1. The molecule has 0 amide bonds. The molecule has 0 aliphatic rings. The molecule has 2 heterocycles. The van der Waals surface area contributed by atoms with Gasteiger partial charge in [-0.25, -0.2) is 14.8 Å². The second-order valence-corrected chi connectivity index (χ2v) is 7.77. The van der Waals surface area contributed by atoms with Crippen LogP contribution in [0.2, 0.25) is 0 Å². The average molecular weight is 449 g/mol. The van der Waals surface area contributed by atoms with Crippen molar-refractivity contribution in [3.8, 4) is 11.5 Å². The highest BCUT2D eigenvalue weighted by Crippen LogP contribution is 2.29. The van der Waals surface area contributed by atoms with Gasteiger partial charge < -0.3 is 13.9 Å². The van der Waals surface area contributed by atoms with Crippen molar-refractivity contribution in [3.63, 3.8) is 0 Å². The van der Waals surface area contributed by atoms with Crippen molar-refractivity contribution in [3.05, 3.63) is 88.2 Å². The van der Waals surface area contributed by atoms with Crippen molar-refractivity contribution in [1.29, 1.82) is 0 Å². The number of aromatic nitrogens is 2. The molecular weight excluding hydrogens is 428 g/mol. The Hall–Kier alpha value is -3.65. The number of nitrogens with zero attached hydrogens (tertiary/aromatic N) is 2. The van der Waals surface area contributed by atoms with Crippen LogP contribution in [0.15, 0.2) is 75.4 Å². The van der Waals surface area contributed by atoms with E-state index in [2.05, 4.69) is 9.97 Å². The molecule has 0 aliphatic heterocycles. The summed E-state index contributed by atoms with van der Waals surface area (Å²) in [5, 5.41) is 2.13. The number of thioether (sulfide) groups is 1. The van der Waals surface area contributed by atoms with Crippen molar-refractivity contribution in [2.45, 2.75) is 24.8 Å². The Morgan fingerprint density at radius 1 is 1.12 bits per heavy atom. The van der Waals surface area contributed by atoms with E-state index in [4.69, 9.17) is 13.9 Å². The lowest BCUT2D eigenvalue weighted by molar-refractivity contribution is 0.0726. The highest BCUT2D eigenvalue weighted by atomic mass is 32.2. The molecule has 32 heavy (non-hydrogen) atoms. The van der Waals surface area contributed by atoms with Crippen LogP contribution in [-0.2, 0) is 5.75 Å². The summed E-state index contributed by atoms with van der Waals surface area (Å²) < 4.78 is 16.5. The number of esters is 1. The molecule has 8 heteroatoms. The van der Waals surface area contributed by atoms with E-state index in [1.807, 2.05) is 44.2 Å². The highest BCUT2D eigenvalue weighted by molar-refractivity contribution is 7.98. The van der Waals surface area contributed by atoms with E-state index < -0.39 is 11.4 Å². The number of rotatable bonds is 7. The van der Waals surface area contributed by atoms with Gasteiger partial charge in [0.15, 0.2) is 5.16 Å². The maximum absolute atomic E-state index is 13.0. The lowest BCUT2D eigenvalue weighted by Crippen LogP contribution is -2.16. The summed E-state index contributed by atoms with van der Waals surface area (Å²) >= 11 is 1.34. The fourth-order valence-corrected chi connectivity index (χ4v) is 3.88. The molecule has 2 aromatic carbocycles. The zero-order chi connectivity index (χ0) is 22.5. The van der Waals surface area contributed by atoms with E-state index in [1.165, 1.54) is 17.8 Å². The van der Waals surface area contributed by atoms with Gasteiger partial charge in [-0.05, 0) is 36.8 Å². The molecule has 2 aromatic heterocycles. The van der Waals surface area contributed by atoms with Gasteiger partial charge in [-0.3, -0.25) is 4.79 Å². The Labute approximate surface area is 188 Å². The van der Waals surface area contributed by atoms with Crippen molar-refractivity contribution < 1.29 is 18.7 Å². The minimum absolute atomic E-state index is 0.189. The summed E-state index contributed by atoms with van der Waals surface area (Å²) in [4.78, 5) is 34.0. The molecule has 0 unspecified atom stereocenters. The van der Waals surface area contributed by atoms with E-state index >= 15 is 0 Å². The second-order valence-electron chi connectivity index (χ2n) is 6.83. The van der Waals surface area contributed by atoms with Crippen LogP contribution in [-0.4, -0.2) is 22.5 Å². The quantitative estimate of drug-likeness (QED) is 0.226. The summed E-state index contributed by atoms with van der Waals surface area (Å²) in [6.07, 6.45) is 2.83. The number of fused-ring (bicyclic) bond motifs is 1. The molecular formula is C24H20N2O5S. The van der Waals surface area contributed by atoms with E-state index in [-0.39, 0.29) is 11.3 Å². The summed E-state index contributed by atoms with van der Waals surface area (Å²) in [6.45, 7) is 4.09. The summed E-state index contributed by atoms with van der Waals surface area (Å²) in [7, 11) is 0. The molecule has 0 atom stereocenters. The second kappa shape index (κ2) is 9.65. The molecule has 0 saturated heterocycles. The third-order valence-electron chi connectivity index (χ3n) is 4.57. The third-order valence-corrected chi connectivity index (χ3v) is 5.45. The molecule has 0 fully saturated rings. The van der Waals surface area contributed by atoms with Gasteiger partial charge in [-0.15, -0.1) is 0 Å². The fraction of sp³-hybridized carbons (Fsp3) is 0.167. The Morgan fingerprint density at radius 3 is 2.75 bits per heavy atom. The average Bonchev–Trinajstić information content (AvgIpc) is 2.79. The van der Waals surface area contributed by atoms with Crippen molar-refractivity contribution >= 4 is 28.5 Å². The molecule has 0 bridgehead atoms. The molecule has 4 rings (SSSR count). The van der Waals surface area contributed by atoms with Crippen LogP contribution in [0, 0.1) is 6.92 Å². The number of benzene rings is 2. The van der Waals surface area contributed by atoms with E-state index in [1.54, 1.807) is 18.3 Å². The Kier molecular flexibility index (Phi) is 6.51. The highest BCUT2D eigenvalue weighted by Gasteiger charge is 2.20. The molecule has 0 saturated carbocycles. The molecule has 162 valence electrons. The van der Waals surface area contributed by atoms with Gasteiger partial charge in [0.1, 0.15) is 23.3 Å². The number of carbonyl (C=O) groups is 1. The van der Waals surface area contributed by atoms with Crippen LogP contribution in [0.3, 0.4) is 0 Å². The zero-order valence-corrected chi connectivity index (χ0v) is 18.3. The minimum atomic E-state index is -0.687. The van der Waals surface area contributed by atoms with Gasteiger partial charge in [-0.1, -0.05) is 42.1 Å². The SMILES string of the molecule is CCOc1ccc2ccccc2c1C(=O)Oc1coc(CSc2nccc(C)n2)cc1=O. The maximum Gasteiger partial charge on any atom is 0.348 e. The zero-order valence-electron chi connectivity index (χ0n) is 17.5. The van der Waals surface area contributed by atoms with Crippen molar-refractivity contribution in [2.75, 3.05) is 6.61 Å². The molecule has 0 spiro atoms. The molecule has 7 nitrogen and oxygen atoms in total. The molecule has 0 radical (unpaired) electrons. The molecule has 0 aliphatic carbocycles. The summed E-state index contributed by atoms with van der Waals surface area (Å²) in [5.74, 6) is 0.306. The largest absolute Gasteiger partial charge is 0.493 e. The standard InChI is InChI=1S/C24H20N2O5S/c1-3-29-20-9-8-16-6-4-5-7-18(16)22(20)23(28)31-21-13-30-17(12-19(21)27)14-32-24-25-11-10-15(2)26-24/h4-13H,3,14H2,1-2H3. The number of hydrogen-bond donors (Lipinski definition) is 0. The van der Waals surface area contributed by atoms with Crippen molar-refractivity contribution in [2.24, 2.45) is 0 Å². The maximum atomic E-state index is 13.0. The van der Waals surface area contributed by atoms with Gasteiger partial charge in [0.05, 0.1) is 12.4 Å². The van der Waals surface area contributed by atoms with Crippen LogP contribution >= 0.6 is 11.8 Å². The predicted octanol–water partition coefficient (Wildman–Crippen LogP) is 4.80. The lowest BCUT2D eigenvalue weighted by Gasteiger charge is -2.12. The minimum Gasteiger partial charge on any atom is -0.493 e. The number of aryl methyl sites for hydroxylation is 1. The molecule has 4 aromatic rings. The van der Waals surface area contributed by atoms with E-state index in [0.29, 0.717) is 34.4 Å². The lowest BCUT2D eigenvalue weighted by atomic mass is 10.0. The first-order valence-corrected chi connectivity index (χ1v) is 10.9. The van der Waals surface area contributed by atoms with Gasteiger partial charge in [-0.2, -0.15) is 0 Å². The van der Waals surface area contributed by atoms with Crippen LogP contribution in [0.5, 0.6) is 11.5 Å². The van der Waals surface area contributed by atoms with Gasteiger partial charge in [0, 0.05) is 18.0 Å². The number of ether oxygens (including phenoxy) is 2. The summed E-state index contributed by atoms with van der Waals surface area (Å²) in [6, 6.07) is 14.1. The normalized spacial score (nSPS) is 10.8. The van der Waals surface area contributed by atoms with Gasteiger partial charge in [0.25, 0.3) is 0 Å². The van der Waals surface area contributed by atoms with Gasteiger partial charge >= 0.3 is 5.97 Å². The van der Waals surface area contributed by atoms with Crippen LogP contribution in [0.1, 0.15) is 28.7 Å². The first-order chi connectivity index (χ1) is 15.5. The van der Waals surface area contributed by atoms with E-state index in [9.17, 15) is 9.59 Å². The Balaban J connectivity index is 1.55. The fourth-order valence-electron chi connectivity index (χ4n) is 3.11. The predicted molar refractivity (Wildman–Crippen MR) is 121 cm³/mol. The Bertz CT molecular complexity index is 1340. The smallest absolute Gasteiger partial charge is 0.348 e. The first-order valence-electron chi connectivity index (χ1n) is 9.96. The number of hydrogen-bond acceptors (Lipinski definition) is 8. The monoisotopic (exact) mass is 448 g/mol. The Morgan fingerprint density at radius 2 is 1.97 bits per heavy atom. The third kappa shape index (κ3) is 4.81. The molecule has 0 N–H and O–H groups in total.